The van der Waals surface area contributed by atoms with E-state index in [2.05, 4.69) is 24.3 Å². The van der Waals surface area contributed by atoms with Crippen molar-refractivity contribution in [1.82, 2.24) is 9.80 Å². The second-order valence-electron chi connectivity index (χ2n) is 10.2. The highest BCUT2D eigenvalue weighted by atomic mass is 16.6. The monoisotopic (exact) mass is 447 g/mol. The molecule has 4 rings (SSSR count). The van der Waals surface area contributed by atoms with E-state index in [1.165, 1.54) is 5.56 Å². The summed E-state index contributed by atoms with van der Waals surface area (Å²) in [5.74, 6) is 0.0726. The van der Waals surface area contributed by atoms with Crippen molar-refractivity contribution in [3.63, 3.8) is 0 Å². The number of hydrogen-bond acceptors (Lipinski definition) is 4. The maximum atomic E-state index is 13.4. The first-order valence-electron chi connectivity index (χ1n) is 12.0. The molecule has 174 valence electrons. The van der Waals surface area contributed by atoms with E-state index in [0.717, 1.165) is 49.4 Å². The lowest BCUT2D eigenvalue weighted by Crippen LogP contribution is -2.50. The summed E-state index contributed by atoms with van der Waals surface area (Å²) < 4.78 is 5.54. The third-order valence-corrected chi connectivity index (χ3v) is 6.63. The van der Waals surface area contributed by atoms with E-state index in [-0.39, 0.29) is 18.0 Å². The number of amides is 2. The van der Waals surface area contributed by atoms with Crippen LogP contribution in [0.4, 0.5) is 4.79 Å². The first kappa shape index (κ1) is 23.1. The molecule has 0 aromatic heterocycles. The van der Waals surface area contributed by atoms with Crippen molar-refractivity contribution in [1.29, 1.82) is 5.26 Å². The maximum Gasteiger partial charge on any atom is 0.410 e. The van der Waals surface area contributed by atoms with E-state index in [9.17, 15) is 9.59 Å². The molecule has 0 radical (unpaired) electrons. The van der Waals surface area contributed by atoms with Crippen LogP contribution in [-0.2, 0) is 16.0 Å². The Morgan fingerprint density at radius 2 is 1.73 bits per heavy atom. The van der Waals surface area contributed by atoms with Crippen LogP contribution < -0.4 is 0 Å². The Hall–Kier alpha value is -3.07. The van der Waals surface area contributed by atoms with Crippen LogP contribution in [0.1, 0.15) is 64.0 Å². The van der Waals surface area contributed by atoms with Crippen LogP contribution >= 0.6 is 0 Å². The summed E-state index contributed by atoms with van der Waals surface area (Å²) in [5, 5.41) is 11.3. The average molecular weight is 448 g/mol. The van der Waals surface area contributed by atoms with Gasteiger partial charge in [-0.25, -0.2) is 4.79 Å². The van der Waals surface area contributed by atoms with Crippen molar-refractivity contribution < 1.29 is 14.3 Å². The van der Waals surface area contributed by atoms with Crippen molar-refractivity contribution in [3.05, 3.63) is 47.5 Å². The zero-order chi connectivity index (χ0) is 23.6. The summed E-state index contributed by atoms with van der Waals surface area (Å²) >= 11 is 0. The van der Waals surface area contributed by atoms with Gasteiger partial charge in [-0.05, 0) is 87.8 Å². The molecule has 2 aromatic rings. The molecule has 0 bridgehead atoms. The lowest BCUT2D eigenvalue weighted by atomic mass is 9.99. The summed E-state index contributed by atoms with van der Waals surface area (Å²) in [6.45, 7) is 6.89. The van der Waals surface area contributed by atoms with Gasteiger partial charge in [0, 0.05) is 19.1 Å². The fourth-order valence-corrected chi connectivity index (χ4v) is 5.03. The topological polar surface area (TPSA) is 73.6 Å². The molecule has 6 nitrogen and oxygen atoms in total. The van der Waals surface area contributed by atoms with Gasteiger partial charge < -0.3 is 9.64 Å². The lowest BCUT2D eigenvalue weighted by molar-refractivity contribution is -0.136. The molecule has 2 aliphatic heterocycles. The van der Waals surface area contributed by atoms with Gasteiger partial charge in [0.15, 0.2) is 0 Å². The Morgan fingerprint density at radius 1 is 1.03 bits per heavy atom. The van der Waals surface area contributed by atoms with Gasteiger partial charge >= 0.3 is 6.09 Å². The third-order valence-electron chi connectivity index (χ3n) is 6.63. The minimum atomic E-state index is -0.570. The highest BCUT2D eigenvalue weighted by Gasteiger charge is 2.41. The number of fused-ring (bicyclic) bond motifs is 1. The number of nitriles is 1. The fourth-order valence-electron chi connectivity index (χ4n) is 5.03. The van der Waals surface area contributed by atoms with E-state index in [1.54, 1.807) is 4.90 Å². The van der Waals surface area contributed by atoms with Gasteiger partial charge in [0.25, 0.3) is 0 Å². The van der Waals surface area contributed by atoms with Gasteiger partial charge in [0.05, 0.1) is 11.6 Å². The smallest absolute Gasteiger partial charge is 0.410 e. The van der Waals surface area contributed by atoms with E-state index in [0.29, 0.717) is 18.5 Å². The second kappa shape index (κ2) is 9.43. The van der Waals surface area contributed by atoms with Crippen molar-refractivity contribution in [2.45, 2.75) is 77.0 Å². The predicted octanol–water partition coefficient (Wildman–Crippen LogP) is 5.03. The number of ether oxygens (including phenoxy) is 1. The first-order chi connectivity index (χ1) is 15.7. The molecule has 2 amide bonds. The highest BCUT2D eigenvalue weighted by molar-refractivity contribution is 5.87. The lowest BCUT2D eigenvalue weighted by Gasteiger charge is -2.32. The van der Waals surface area contributed by atoms with Crippen LogP contribution in [0.25, 0.3) is 10.8 Å². The summed E-state index contributed by atoms with van der Waals surface area (Å²) in [5.41, 5.74) is 1.34. The highest BCUT2D eigenvalue weighted by Crippen LogP contribution is 2.28. The molecule has 33 heavy (non-hydrogen) atoms. The Labute approximate surface area is 196 Å². The van der Waals surface area contributed by atoms with Crippen LogP contribution in [0.5, 0.6) is 0 Å². The predicted molar refractivity (Wildman–Crippen MR) is 128 cm³/mol. The largest absolute Gasteiger partial charge is 0.444 e. The fraction of sp³-hybridized carbons (Fsp3) is 0.519. The number of hydrogen-bond donors (Lipinski definition) is 0. The first-order valence-corrected chi connectivity index (χ1v) is 12.0. The molecule has 0 N–H and O–H groups in total. The van der Waals surface area contributed by atoms with Gasteiger partial charge in [0.1, 0.15) is 11.6 Å². The van der Waals surface area contributed by atoms with Crippen LogP contribution in [0, 0.1) is 11.3 Å². The molecule has 2 fully saturated rings. The maximum absolute atomic E-state index is 13.4. The molecule has 0 saturated carbocycles. The molecule has 2 aromatic carbocycles. The Bertz CT molecular complexity index is 1080. The molecule has 2 heterocycles. The van der Waals surface area contributed by atoms with Crippen molar-refractivity contribution >= 4 is 22.8 Å². The van der Waals surface area contributed by atoms with Gasteiger partial charge in [-0.2, -0.15) is 5.26 Å². The number of likely N-dealkylation sites (tertiary alicyclic amines) is 2. The number of nitrogens with zero attached hydrogens (tertiary/aromatic N) is 3. The molecule has 2 saturated heterocycles. The van der Waals surface area contributed by atoms with E-state index in [1.807, 2.05) is 43.9 Å². The molecule has 6 heteroatoms. The molecular formula is C27H33N3O3. The molecular weight excluding hydrogens is 414 g/mol. The van der Waals surface area contributed by atoms with Crippen molar-refractivity contribution in [2.75, 3.05) is 13.1 Å². The number of rotatable bonds is 4. The Morgan fingerprint density at radius 3 is 2.48 bits per heavy atom. The Kier molecular flexibility index (Phi) is 6.60. The molecule has 0 aliphatic carbocycles. The normalized spacial score (nSPS) is 20.8. The summed E-state index contributed by atoms with van der Waals surface area (Å²) in [6, 6.07) is 14.1. The summed E-state index contributed by atoms with van der Waals surface area (Å²) in [6.07, 6.45) is 4.96. The third kappa shape index (κ3) is 5.30. The van der Waals surface area contributed by atoms with Gasteiger partial charge in [-0.15, -0.1) is 0 Å². The number of carbonyl (C=O) groups excluding carboxylic acids is 2. The average Bonchev–Trinajstić information content (AvgIpc) is 3.45. The SMILES string of the molecule is CC(C)(C)OC(=O)N1CCC[C@@H]1C(=O)N1CCC[C@@H]1CCc1ccc2cc(C#N)ccc2c1. The summed E-state index contributed by atoms with van der Waals surface area (Å²) in [7, 11) is 0. The molecule has 0 spiro atoms. The van der Waals surface area contributed by atoms with E-state index >= 15 is 0 Å². The van der Waals surface area contributed by atoms with Gasteiger partial charge in [-0.1, -0.05) is 24.3 Å². The van der Waals surface area contributed by atoms with E-state index < -0.39 is 11.6 Å². The number of benzene rings is 2. The minimum Gasteiger partial charge on any atom is -0.444 e. The Balaban J connectivity index is 1.40. The van der Waals surface area contributed by atoms with Crippen molar-refractivity contribution in [3.8, 4) is 6.07 Å². The van der Waals surface area contributed by atoms with Gasteiger partial charge in [0.2, 0.25) is 5.91 Å². The second-order valence-corrected chi connectivity index (χ2v) is 10.2. The van der Waals surface area contributed by atoms with Gasteiger partial charge in [-0.3, -0.25) is 9.69 Å². The zero-order valence-electron chi connectivity index (χ0n) is 19.8. The van der Waals surface area contributed by atoms with Crippen molar-refractivity contribution in [2.24, 2.45) is 0 Å². The molecule has 0 unspecified atom stereocenters. The quantitative estimate of drug-likeness (QED) is 0.659. The van der Waals surface area contributed by atoms with E-state index in [4.69, 9.17) is 10.00 Å². The van der Waals surface area contributed by atoms with Crippen LogP contribution in [0.3, 0.4) is 0 Å². The minimum absolute atomic E-state index is 0.0726. The number of aryl methyl sites for hydroxylation is 1. The molecule has 2 aliphatic rings. The molecule has 2 atom stereocenters. The summed E-state index contributed by atoms with van der Waals surface area (Å²) in [4.78, 5) is 29.7. The standard InChI is InChI=1S/C27H33N3O3/c1-27(2,3)33-26(32)30-15-5-7-24(30)25(31)29-14-4-6-23(29)13-10-19-8-11-22-17-20(18-28)9-12-21(22)16-19/h8-9,11-12,16-17,23-24H,4-7,10,13-15H2,1-3H3/t23-,24-/m1/s1. The zero-order valence-corrected chi connectivity index (χ0v) is 19.8. The van der Waals surface area contributed by atoms with Crippen LogP contribution in [0.15, 0.2) is 36.4 Å². The van der Waals surface area contributed by atoms with Crippen LogP contribution in [-0.4, -0.2) is 52.6 Å². The number of carbonyl (C=O) groups is 2. The van der Waals surface area contributed by atoms with Crippen LogP contribution in [0.2, 0.25) is 0 Å².